The summed E-state index contributed by atoms with van der Waals surface area (Å²) in [6, 6.07) is 3.98. The van der Waals surface area contributed by atoms with Crippen molar-refractivity contribution in [2.45, 2.75) is 12.8 Å². The average molecular weight is 239 g/mol. The molecule has 94 valence electrons. The summed E-state index contributed by atoms with van der Waals surface area (Å²) in [5.41, 5.74) is 0.326. The van der Waals surface area contributed by atoms with E-state index in [1.165, 1.54) is 18.2 Å². The lowest BCUT2D eigenvalue weighted by atomic mass is 10.2. The summed E-state index contributed by atoms with van der Waals surface area (Å²) in [6.45, 7) is 1.24. The molecule has 3 N–H and O–H groups in total. The minimum Gasteiger partial charge on any atom is -0.504 e. The number of amides is 1. The Labute approximate surface area is 100 Å². The highest BCUT2D eigenvalue weighted by Crippen LogP contribution is 2.24. The van der Waals surface area contributed by atoms with Gasteiger partial charge in [0.15, 0.2) is 11.5 Å². The molecule has 0 heterocycles. The van der Waals surface area contributed by atoms with Crippen LogP contribution in [0.3, 0.4) is 0 Å². The number of hydrogen-bond acceptors (Lipinski definition) is 4. The first-order chi connectivity index (χ1) is 8.15. The predicted molar refractivity (Wildman–Crippen MR) is 63.2 cm³/mol. The second kappa shape index (κ2) is 6.75. The van der Waals surface area contributed by atoms with Crippen LogP contribution in [0.4, 0.5) is 0 Å². The summed E-state index contributed by atoms with van der Waals surface area (Å²) >= 11 is 0. The van der Waals surface area contributed by atoms with Crippen molar-refractivity contribution in [2.24, 2.45) is 0 Å². The standard InChI is InChI=1S/C12H17NO4/c1-17-7-3-2-6-13-12(16)9-4-5-10(14)11(15)8-9/h4-5,8,14-15H,2-3,6-7H2,1H3,(H,13,16). The Bertz CT molecular complexity index is 379. The van der Waals surface area contributed by atoms with Crippen LogP contribution < -0.4 is 5.32 Å². The van der Waals surface area contributed by atoms with E-state index >= 15 is 0 Å². The molecule has 5 nitrogen and oxygen atoms in total. The van der Waals surface area contributed by atoms with Crippen molar-refractivity contribution in [1.29, 1.82) is 0 Å². The number of phenolic OH excluding ortho intramolecular Hbond substituents is 2. The zero-order chi connectivity index (χ0) is 12.7. The fourth-order valence-corrected chi connectivity index (χ4v) is 1.34. The molecule has 0 aliphatic rings. The van der Waals surface area contributed by atoms with E-state index in [0.717, 1.165) is 12.8 Å². The molecule has 0 aliphatic heterocycles. The van der Waals surface area contributed by atoms with Crippen molar-refractivity contribution in [3.63, 3.8) is 0 Å². The van der Waals surface area contributed by atoms with Crippen LogP contribution in [0.1, 0.15) is 23.2 Å². The molecule has 0 aromatic heterocycles. The maximum absolute atomic E-state index is 11.6. The largest absolute Gasteiger partial charge is 0.504 e. The lowest BCUT2D eigenvalue weighted by molar-refractivity contribution is 0.0951. The molecule has 0 atom stereocenters. The highest BCUT2D eigenvalue weighted by atomic mass is 16.5. The molecule has 17 heavy (non-hydrogen) atoms. The van der Waals surface area contributed by atoms with E-state index in [-0.39, 0.29) is 17.4 Å². The third-order valence-corrected chi connectivity index (χ3v) is 2.30. The summed E-state index contributed by atoms with van der Waals surface area (Å²) in [7, 11) is 1.64. The lowest BCUT2D eigenvalue weighted by Gasteiger charge is -2.06. The zero-order valence-corrected chi connectivity index (χ0v) is 9.77. The third kappa shape index (κ3) is 4.32. The van der Waals surface area contributed by atoms with Gasteiger partial charge in [0.05, 0.1) is 0 Å². The summed E-state index contributed by atoms with van der Waals surface area (Å²) in [5.74, 6) is -0.795. The SMILES string of the molecule is COCCCCNC(=O)c1ccc(O)c(O)c1. The molecule has 0 bridgehead atoms. The van der Waals surface area contributed by atoms with Gasteiger partial charge in [-0.15, -0.1) is 0 Å². The van der Waals surface area contributed by atoms with Crippen molar-refractivity contribution in [3.05, 3.63) is 23.8 Å². The van der Waals surface area contributed by atoms with E-state index in [0.29, 0.717) is 18.7 Å². The molecule has 1 amide bonds. The van der Waals surface area contributed by atoms with E-state index in [1.54, 1.807) is 7.11 Å². The van der Waals surface area contributed by atoms with Crippen molar-refractivity contribution in [3.8, 4) is 11.5 Å². The first-order valence-corrected chi connectivity index (χ1v) is 5.44. The predicted octanol–water partition coefficient (Wildman–Crippen LogP) is 1.25. The Morgan fingerprint density at radius 2 is 2.06 bits per heavy atom. The Morgan fingerprint density at radius 3 is 2.71 bits per heavy atom. The number of unbranched alkanes of at least 4 members (excludes halogenated alkanes) is 1. The van der Waals surface area contributed by atoms with Crippen LogP contribution >= 0.6 is 0 Å². The number of hydrogen-bond donors (Lipinski definition) is 3. The maximum Gasteiger partial charge on any atom is 0.251 e. The van der Waals surface area contributed by atoms with E-state index in [1.807, 2.05) is 0 Å². The molecular formula is C12H17NO4. The molecular weight excluding hydrogens is 222 g/mol. The summed E-state index contributed by atoms with van der Waals surface area (Å²) in [4.78, 5) is 11.6. The van der Waals surface area contributed by atoms with Gasteiger partial charge in [-0.2, -0.15) is 0 Å². The highest BCUT2D eigenvalue weighted by Gasteiger charge is 2.07. The second-order valence-electron chi connectivity index (χ2n) is 3.66. The van der Waals surface area contributed by atoms with Crippen LogP contribution in [-0.2, 0) is 4.74 Å². The zero-order valence-electron chi connectivity index (χ0n) is 9.77. The maximum atomic E-state index is 11.6. The van der Waals surface area contributed by atoms with Gasteiger partial charge in [0.1, 0.15) is 0 Å². The molecule has 0 saturated heterocycles. The number of carbonyl (C=O) groups is 1. The second-order valence-corrected chi connectivity index (χ2v) is 3.66. The molecule has 1 aromatic carbocycles. The van der Waals surface area contributed by atoms with E-state index in [9.17, 15) is 9.90 Å². The van der Waals surface area contributed by atoms with Gasteiger partial charge >= 0.3 is 0 Å². The Kier molecular flexibility index (Phi) is 5.29. The van der Waals surface area contributed by atoms with Crippen LogP contribution in [0.2, 0.25) is 0 Å². The number of methoxy groups -OCH3 is 1. The summed E-state index contributed by atoms with van der Waals surface area (Å²) < 4.78 is 4.89. The van der Waals surface area contributed by atoms with Crippen molar-refractivity contribution in [1.82, 2.24) is 5.32 Å². The molecule has 5 heteroatoms. The lowest BCUT2D eigenvalue weighted by Crippen LogP contribution is -2.24. The van der Waals surface area contributed by atoms with Gasteiger partial charge in [-0.25, -0.2) is 0 Å². The Balaban J connectivity index is 2.39. The summed E-state index contributed by atoms with van der Waals surface area (Å²) in [6.07, 6.45) is 1.72. The van der Waals surface area contributed by atoms with Crippen molar-refractivity contribution in [2.75, 3.05) is 20.3 Å². The van der Waals surface area contributed by atoms with Crippen LogP contribution in [0.5, 0.6) is 11.5 Å². The number of aromatic hydroxyl groups is 2. The number of phenols is 2. The van der Waals surface area contributed by atoms with Crippen LogP contribution in [0.25, 0.3) is 0 Å². The fraction of sp³-hybridized carbons (Fsp3) is 0.417. The van der Waals surface area contributed by atoms with Gasteiger partial charge in [-0.05, 0) is 31.0 Å². The molecule has 0 radical (unpaired) electrons. The highest BCUT2D eigenvalue weighted by molar-refractivity contribution is 5.94. The normalized spacial score (nSPS) is 10.2. The van der Waals surface area contributed by atoms with Gasteiger partial charge in [-0.3, -0.25) is 4.79 Å². The Hall–Kier alpha value is -1.75. The van der Waals surface area contributed by atoms with Crippen molar-refractivity contribution < 1.29 is 19.7 Å². The first-order valence-electron chi connectivity index (χ1n) is 5.44. The van der Waals surface area contributed by atoms with Crippen LogP contribution in [0.15, 0.2) is 18.2 Å². The quantitative estimate of drug-likeness (QED) is 0.515. The molecule has 0 saturated carbocycles. The van der Waals surface area contributed by atoms with Gasteiger partial charge < -0.3 is 20.3 Å². The number of ether oxygens (including phenoxy) is 1. The smallest absolute Gasteiger partial charge is 0.251 e. The number of nitrogens with one attached hydrogen (secondary N) is 1. The van der Waals surface area contributed by atoms with Crippen LogP contribution in [-0.4, -0.2) is 36.4 Å². The third-order valence-electron chi connectivity index (χ3n) is 2.30. The number of carbonyl (C=O) groups excluding carboxylic acids is 1. The molecule has 0 spiro atoms. The van der Waals surface area contributed by atoms with Crippen molar-refractivity contribution >= 4 is 5.91 Å². The van der Waals surface area contributed by atoms with Crippen LogP contribution in [0, 0.1) is 0 Å². The van der Waals surface area contributed by atoms with E-state index < -0.39 is 0 Å². The average Bonchev–Trinajstić information content (AvgIpc) is 2.32. The first kappa shape index (κ1) is 13.3. The molecule has 0 aliphatic carbocycles. The Morgan fingerprint density at radius 1 is 1.29 bits per heavy atom. The number of rotatable bonds is 6. The molecule has 1 aromatic rings. The number of benzene rings is 1. The molecule has 0 fully saturated rings. The fourth-order valence-electron chi connectivity index (χ4n) is 1.34. The summed E-state index contributed by atoms with van der Waals surface area (Å²) in [5, 5.41) is 21.1. The minimum atomic E-state index is -0.294. The van der Waals surface area contributed by atoms with Gasteiger partial charge in [-0.1, -0.05) is 0 Å². The molecule has 1 rings (SSSR count). The van der Waals surface area contributed by atoms with Gasteiger partial charge in [0.25, 0.3) is 5.91 Å². The minimum absolute atomic E-state index is 0.235. The van der Waals surface area contributed by atoms with E-state index in [4.69, 9.17) is 9.84 Å². The monoisotopic (exact) mass is 239 g/mol. The van der Waals surface area contributed by atoms with E-state index in [2.05, 4.69) is 5.32 Å². The van der Waals surface area contributed by atoms with Gasteiger partial charge in [0.2, 0.25) is 0 Å². The van der Waals surface area contributed by atoms with Gasteiger partial charge in [0, 0.05) is 25.8 Å². The molecule has 0 unspecified atom stereocenters. The topological polar surface area (TPSA) is 78.8 Å².